The van der Waals surface area contributed by atoms with Crippen molar-refractivity contribution in [2.24, 2.45) is 4.99 Å². The first-order valence-corrected chi connectivity index (χ1v) is 7.42. The minimum Gasteiger partial charge on any atom is -0.350 e. The van der Waals surface area contributed by atoms with Crippen molar-refractivity contribution >= 4 is 11.6 Å². The minimum absolute atomic E-state index is 0.0723. The van der Waals surface area contributed by atoms with E-state index in [1.165, 1.54) is 0 Å². The van der Waals surface area contributed by atoms with E-state index in [1.807, 2.05) is 81.4 Å². The molecule has 0 unspecified atom stereocenters. The normalized spacial score (nSPS) is 10.9. The van der Waals surface area contributed by atoms with Gasteiger partial charge in [-0.15, -0.1) is 0 Å². The van der Waals surface area contributed by atoms with E-state index in [0.717, 1.165) is 16.8 Å². The van der Waals surface area contributed by atoms with Crippen LogP contribution in [0.15, 0.2) is 65.7 Å². The highest BCUT2D eigenvalue weighted by Gasteiger charge is 2.14. The Morgan fingerprint density at radius 1 is 0.909 bits per heavy atom. The van der Waals surface area contributed by atoms with Gasteiger partial charge in [0.1, 0.15) is 6.54 Å². The fourth-order valence-corrected chi connectivity index (χ4v) is 2.15. The molecule has 0 saturated heterocycles. The number of carbonyl (C=O) groups excluding carboxylic acids is 1. The van der Waals surface area contributed by atoms with Crippen molar-refractivity contribution in [3.8, 4) is 0 Å². The Morgan fingerprint density at radius 3 is 1.77 bits per heavy atom. The molecule has 0 radical (unpaired) electrons. The second-order valence-electron chi connectivity index (χ2n) is 6.20. The van der Waals surface area contributed by atoms with E-state index in [9.17, 15) is 4.79 Å². The van der Waals surface area contributed by atoms with Crippen LogP contribution in [-0.2, 0) is 4.79 Å². The summed E-state index contributed by atoms with van der Waals surface area (Å²) in [5, 5.41) is 2.93. The molecule has 0 aliphatic carbocycles. The van der Waals surface area contributed by atoms with Crippen LogP contribution >= 0.6 is 0 Å². The maximum Gasteiger partial charge on any atom is 0.242 e. The zero-order chi connectivity index (χ0) is 16.0. The molecule has 0 bridgehead atoms. The molecule has 0 aliphatic heterocycles. The van der Waals surface area contributed by atoms with Gasteiger partial charge in [0.05, 0.1) is 5.71 Å². The lowest BCUT2D eigenvalue weighted by Crippen LogP contribution is -2.41. The summed E-state index contributed by atoms with van der Waals surface area (Å²) in [6.45, 7) is 6.01. The van der Waals surface area contributed by atoms with Crippen LogP contribution in [0.1, 0.15) is 31.9 Å². The Labute approximate surface area is 132 Å². The molecule has 0 atom stereocenters. The molecule has 2 rings (SSSR count). The molecular weight excluding hydrogens is 272 g/mol. The summed E-state index contributed by atoms with van der Waals surface area (Å²) in [7, 11) is 0. The summed E-state index contributed by atoms with van der Waals surface area (Å²) in [5.74, 6) is -0.0723. The monoisotopic (exact) mass is 294 g/mol. The number of rotatable bonds is 4. The van der Waals surface area contributed by atoms with E-state index in [4.69, 9.17) is 0 Å². The summed E-state index contributed by atoms with van der Waals surface area (Å²) < 4.78 is 0. The number of amides is 1. The van der Waals surface area contributed by atoms with Crippen LogP contribution in [-0.4, -0.2) is 23.7 Å². The Morgan fingerprint density at radius 2 is 1.36 bits per heavy atom. The van der Waals surface area contributed by atoms with E-state index >= 15 is 0 Å². The zero-order valence-corrected chi connectivity index (χ0v) is 13.3. The Hall–Kier alpha value is -2.42. The first-order chi connectivity index (χ1) is 10.5. The van der Waals surface area contributed by atoms with Crippen LogP contribution in [0.4, 0.5) is 0 Å². The number of benzene rings is 2. The first-order valence-electron chi connectivity index (χ1n) is 7.42. The Bertz CT molecular complexity index is 599. The molecule has 22 heavy (non-hydrogen) atoms. The predicted molar refractivity (Wildman–Crippen MR) is 91.3 cm³/mol. The van der Waals surface area contributed by atoms with Gasteiger partial charge in [0.2, 0.25) is 5.91 Å². The molecule has 3 heteroatoms. The summed E-state index contributed by atoms with van der Waals surface area (Å²) in [5.41, 5.74) is 2.62. The summed E-state index contributed by atoms with van der Waals surface area (Å²) in [4.78, 5) is 16.6. The van der Waals surface area contributed by atoms with Gasteiger partial charge in [-0.3, -0.25) is 9.79 Å². The predicted octanol–water partition coefficient (Wildman–Crippen LogP) is 3.44. The molecule has 1 N–H and O–H groups in total. The highest BCUT2D eigenvalue weighted by molar-refractivity contribution is 6.13. The van der Waals surface area contributed by atoms with E-state index in [0.29, 0.717) is 0 Å². The zero-order valence-electron chi connectivity index (χ0n) is 13.3. The van der Waals surface area contributed by atoms with Crippen molar-refractivity contribution in [1.29, 1.82) is 0 Å². The molecule has 2 aromatic rings. The molecule has 0 heterocycles. The Balaban J connectivity index is 2.26. The number of aliphatic imine (C=N–C) groups is 1. The average molecular weight is 294 g/mol. The average Bonchev–Trinajstić information content (AvgIpc) is 2.48. The number of hydrogen-bond donors (Lipinski definition) is 1. The molecule has 0 aliphatic rings. The molecule has 3 nitrogen and oxygen atoms in total. The smallest absolute Gasteiger partial charge is 0.242 e. The lowest BCUT2D eigenvalue weighted by Gasteiger charge is -2.19. The fourth-order valence-electron chi connectivity index (χ4n) is 2.15. The summed E-state index contributed by atoms with van der Waals surface area (Å²) in [6, 6.07) is 19.9. The molecule has 0 aromatic heterocycles. The highest BCUT2D eigenvalue weighted by atomic mass is 16.2. The first kappa shape index (κ1) is 16.0. The molecular formula is C19H22N2O. The molecule has 1 amide bonds. The van der Waals surface area contributed by atoms with Crippen LogP contribution < -0.4 is 5.32 Å². The van der Waals surface area contributed by atoms with Crippen LogP contribution in [0.5, 0.6) is 0 Å². The van der Waals surface area contributed by atoms with Gasteiger partial charge in [-0.05, 0) is 20.8 Å². The van der Waals surface area contributed by atoms with Crippen molar-refractivity contribution in [2.45, 2.75) is 26.3 Å². The minimum atomic E-state index is -0.244. The lowest BCUT2D eigenvalue weighted by atomic mass is 10.0. The van der Waals surface area contributed by atoms with Gasteiger partial charge in [-0.1, -0.05) is 60.7 Å². The van der Waals surface area contributed by atoms with Crippen molar-refractivity contribution < 1.29 is 4.79 Å². The SMILES string of the molecule is CC(C)(C)NC(=O)CN=C(c1ccccc1)c1ccccc1. The molecule has 0 spiro atoms. The number of carbonyl (C=O) groups is 1. The Kier molecular flexibility index (Phi) is 5.10. The van der Waals surface area contributed by atoms with E-state index < -0.39 is 0 Å². The van der Waals surface area contributed by atoms with E-state index in [2.05, 4.69) is 10.3 Å². The number of nitrogens with zero attached hydrogens (tertiary/aromatic N) is 1. The molecule has 114 valence electrons. The van der Waals surface area contributed by atoms with Crippen LogP contribution in [0, 0.1) is 0 Å². The second kappa shape index (κ2) is 7.03. The van der Waals surface area contributed by atoms with Crippen LogP contribution in [0.2, 0.25) is 0 Å². The van der Waals surface area contributed by atoms with Gasteiger partial charge in [0, 0.05) is 16.7 Å². The molecule has 0 saturated carbocycles. The van der Waals surface area contributed by atoms with Crippen LogP contribution in [0.3, 0.4) is 0 Å². The molecule has 2 aromatic carbocycles. The number of hydrogen-bond acceptors (Lipinski definition) is 2. The van der Waals surface area contributed by atoms with Gasteiger partial charge < -0.3 is 5.32 Å². The second-order valence-corrected chi connectivity index (χ2v) is 6.20. The number of nitrogens with one attached hydrogen (secondary N) is 1. The van der Waals surface area contributed by atoms with Gasteiger partial charge in [-0.2, -0.15) is 0 Å². The van der Waals surface area contributed by atoms with Crippen molar-refractivity contribution in [3.63, 3.8) is 0 Å². The van der Waals surface area contributed by atoms with Crippen LogP contribution in [0.25, 0.3) is 0 Å². The quantitative estimate of drug-likeness (QED) is 0.862. The maximum atomic E-state index is 12.0. The van der Waals surface area contributed by atoms with E-state index in [-0.39, 0.29) is 18.0 Å². The highest BCUT2D eigenvalue weighted by Crippen LogP contribution is 2.11. The van der Waals surface area contributed by atoms with E-state index in [1.54, 1.807) is 0 Å². The van der Waals surface area contributed by atoms with Crippen molar-refractivity contribution in [1.82, 2.24) is 5.32 Å². The van der Waals surface area contributed by atoms with Gasteiger partial charge in [0.25, 0.3) is 0 Å². The largest absolute Gasteiger partial charge is 0.350 e. The topological polar surface area (TPSA) is 41.5 Å². The van der Waals surface area contributed by atoms with Crippen molar-refractivity contribution in [2.75, 3.05) is 6.54 Å². The van der Waals surface area contributed by atoms with Gasteiger partial charge in [0.15, 0.2) is 0 Å². The maximum absolute atomic E-state index is 12.0. The molecule has 0 fully saturated rings. The van der Waals surface area contributed by atoms with Gasteiger partial charge in [-0.25, -0.2) is 0 Å². The van der Waals surface area contributed by atoms with Crippen molar-refractivity contribution in [3.05, 3.63) is 71.8 Å². The third kappa shape index (κ3) is 4.85. The standard InChI is InChI=1S/C19H22N2O/c1-19(2,3)21-17(22)14-20-18(15-10-6-4-7-11-15)16-12-8-5-9-13-16/h4-13H,14H2,1-3H3,(H,21,22). The third-order valence-corrected chi connectivity index (χ3v) is 2.99. The lowest BCUT2D eigenvalue weighted by molar-refractivity contribution is -0.121. The summed E-state index contributed by atoms with van der Waals surface area (Å²) in [6.07, 6.45) is 0. The summed E-state index contributed by atoms with van der Waals surface area (Å²) >= 11 is 0. The fraction of sp³-hybridized carbons (Fsp3) is 0.263. The van der Waals surface area contributed by atoms with Gasteiger partial charge >= 0.3 is 0 Å². The third-order valence-electron chi connectivity index (χ3n) is 2.99.